The molecule has 0 aromatic heterocycles. The predicted molar refractivity (Wildman–Crippen MR) is 129 cm³/mol. The lowest BCUT2D eigenvalue weighted by atomic mass is 10.1. The molecule has 4 N–H and O–H groups in total. The molecule has 176 valence electrons. The lowest BCUT2D eigenvalue weighted by Crippen LogP contribution is -2.42. The normalized spacial score (nSPS) is 13.5. The Bertz CT molecular complexity index is 1190. The zero-order valence-corrected chi connectivity index (χ0v) is 18.8. The number of hydrazine groups is 1. The van der Waals surface area contributed by atoms with E-state index in [1.807, 2.05) is 31.2 Å². The molecule has 4 rings (SSSR count). The molecule has 0 spiro atoms. The summed E-state index contributed by atoms with van der Waals surface area (Å²) in [6.07, 6.45) is 0. The number of urea groups is 1. The van der Waals surface area contributed by atoms with Gasteiger partial charge in [0.05, 0.1) is 18.0 Å². The van der Waals surface area contributed by atoms with Crippen molar-refractivity contribution >= 4 is 34.7 Å². The molecule has 0 aliphatic carbocycles. The van der Waals surface area contributed by atoms with E-state index in [1.165, 1.54) is 12.1 Å². The van der Waals surface area contributed by atoms with Crippen LogP contribution in [0.15, 0.2) is 66.7 Å². The smallest absolute Gasteiger partial charge is 0.338 e. The van der Waals surface area contributed by atoms with Crippen molar-refractivity contribution in [1.82, 2.24) is 5.43 Å². The molecule has 3 amide bonds. The van der Waals surface area contributed by atoms with Gasteiger partial charge >= 0.3 is 6.03 Å². The third kappa shape index (κ3) is 5.33. The van der Waals surface area contributed by atoms with Gasteiger partial charge in [0, 0.05) is 24.5 Å². The van der Waals surface area contributed by atoms with E-state index < -0.39 is 6.03 Å². The average Bonchev–Trinajstić information content (AvgIpc) is 2.84. The number of nitrogens with zero attached hydrogens (tertiary/aromatic N) is 2. The maximum atomic E-state index is 13.5. The van der Waals surface area contributed by atoms with Gasteiger partial charge in [-0.05, 0) is 72.6 Å². The second-order valence-corrected chi connectivity index (χ2v) is 7.85. The Hall–Kier alpha value is -3.95. The number of benzene rings is 3. The fourth-order valence-corrected chi connectivity index (χ4v) is 3.76. The molecular formula is C25H26FN5O3. The van der Waals surface area contributed by atoms with E-state index in [-0.39, 0.29) is 18.3 Å². The van der Waals surface area contributed by atoms with E-state index in [4.69, 9.17) is 10.5 Å². The number of hydrogen-bond acceptors (Lipinski definition) is 5. The van der Waals surface area contributed by atoms with Crippen LogP contribution in [0.5, 0.6) is 0 Å². The molecule has 8 nitrogen and oxygen atoms in total. The van der Waals surface area contributed by atoms with E-state index in [0.717, 1.165) is 16.8 Å². The first-order chi connectivity index (χ1) is 16.4. The molecule has 0 unspecified atom stereocenters. The standard InChI is InChI=1S/C25H26FN5O3/c1-17-13-20(7-10-23(17)30-11-12-34-16-24(30)32)28-25(33)29-31(21-8-5-19(26)6-9-21)22-4-2-3-18(14-22)15-27/h2-10,13-14H,11-12,15-16,27H2,1H3,(H2,28,29,33). The number of anilines is 4. The van der Waals surface area contributed by atoms with Gasteiger partial charge in [-0.3, -0.25) is 9.80 Å². The maximum absolute atomic E-state index is 13.5. The van der Waals surface area contributed by atoms with Crippen LogP contribution >= 0.6 is 0 Å². The number of carbonyl (C=O) groups is 2. The van der Waals surface area contributed by atoms with Gasteiger partial charge < -0.3 is 20.7 Å². The summed E-state index contributed by atoms with van der Waals surface area (Å²) in [5.74, 6) is -0.472. The summed E-state index contributed by atoms with van der Waals surface area (Å²) in [5, 5.41) is 4.37. The molecule has 1 aliphatic heterocycles. The molecule has 9 heteroatoms. The van der Waals surface area contributed by atoms with Crippen molar-refractivity contribution in [2.45, 2.75) is 13.5 Å². The number of aryl methyl sites for hydroxylation is 1. The summed E-state index contributed by atoms with van der Waals surface area (Å²) in [6, 6.07) is 18.0. The van der Waals surface area contributed by atoms with Crippen molar-refractivity contribution in [3.63, 3.8) is 0 Å². The number of nitrogens with two attached hydrogens (primary N) is 1. The second kappa shape index (κ2) is 10.3. The van der Waals surface area contributed by atoms with Gasteiger partial charge in [-0.15, -0.1) is 0 Å². The minimum absolute atomic E-state index is 0.0619. The fraction of sp³-hybridized carbons (Fsp3) is 0.200. The molecule has 1 fully saturated rings. The van der Waals surface area contributed by atoms with Crippen LogP contribution in [0.3, 0.4) is 0 Å². The summed E-state index contributed by atoms with van der Waals surface area (Å²) in [4.78, 5) is 26.7. The van der Waals surface area contributed by atoms with Crippen molar-refractivity contribution in [2.24, 2.45) is 5.73 Å². The van der Waals surface area contributed by atoms with Crippen molar-refractivity contribution in [2.75, 3.05) is 35.0 Å². The summed E-state index contributed by atoms with van der Waals surface area (Å²) in [5.41, 5.74) is 12.9. The Labute approximate surface area is 197 Å². The van der Waals surface area contributed by atoms with Crippen LogP contribution in [0, 0.1) is 12.7 Å². The summed E-state index contributed by atoms with van der Waals surface area (Å²) in [7, 11) is 0. The van der Waals surface area contributed by atoms with Gasteiger partial charge in [0.25, 0.3) is 5.91 Å². The monoisotopic (exact) mass is 463 g/mol. The number of carbonyl (C=O) groups excluding carboxylic acids is 2. The van der Waals surface area contributed by atoms with E-state index >= 15 is 0 Å². The Morgan fingerprint density at radius 1 is 1.12 bits per heavy atom. The van der Waals surface area contributed by atoms with E-state index in [0.29, 0.717) is 36.8 Å². The molecule has 1 heterocycles. The summed E-state index contributed by atoms with van der Waals surface area (Å²) < 4.78 is 18.7. The van der Waals surface area contributed by atoms with E-state index in [9.17, 15) is 14.0 Å². The van der Waals surface area contributed by atoms with Crippen LogP contribution in [-0.2, 0) is 16.1 Å². The molecule has 0 bridgehead atoms. The first-order valence-corrected chi connectivity index (χ1v) is 10.9. The third-order valence-electron chi connectivity index (χ3n) is 5.43. The molecule has 0 saturated carbocycles. The molecule has 3 aromatic rings. The fourth-order valence-electron chi connectivity index (χ4n) is 3.76. The summed E-state index contributed by atoms with van der Waals surface area (Å²) in [6.45, 7) is 3.25. The Balaban J connectivity index is 1.53. The number of nitrogens with one attached hydrogen (secondary N) is 2. The van der Waals surface area contributed by atoms with Gasteiger partial charge in [-0.25, -0.2) is 14.6 Å². The molecule has 0 atom stereocenters. The number of halogens is 1. The highest BCUT2D eigenvalue weighted by atomic mass is 19.1. The van der Waals surface area contributed by atoms with Crippen molar-refractivity contribution in [3.05, 3.63) is 83.7 Å². The first kappa shape index (κ1) is 23.2. The molecule has 3 aromatic carbocycles. The number of amides is 3. The average molecular weight is 464 g/mol. The zero-order valence-electron chi connectivity index (χ0n) is 18.8. The summed E-state index contributed by atoms with van der Waals surface area (Å²) >= 11 is 0. The van der Waals surface area contributed by atoms with Crippen LogP contribution in [0.2, 0.25) is 0 Å². The lowest BCUT2D eigenvalue weighted by Gasteiger charge is -2.28. The van der Waals surface area contributed by atoms with Crippen LogP contribution in [0.25, 0.3) is 0 Å². The SMILES string of the molecule is Cc1cc(NC(=O)NN(c2ccc(F)cc2)c2cccc(CN)c2)ccc1N1CCOCC1=O. The predicted octanol–water partition coefficient (Wildman–Crippen LogP) is 3.83. The van der Waals surface area contributed by atoms with Gasteiger partial charge in [-0.1, -0.05) is 12.1 Å². The second-order valence-electron chi connectivity index (χ2n) is 7.85. The van der Waals surface area contributed by atoms with Gasteiger partial charge in [0.1, 0.15) is 12.4 Å². The van der Waals surface area contributed by atoms with Crippen molar-refractivity contribution in [1.29, 1.82) is 0 Å². The zero-order chi connectivity index (χ0) is 24.1. The highest BCUT2D eigenvalue weighted by molar-refractivity contribution is 5.96. The highest BCUT2D eigenvalue weighted by Crippen LogP contribution is 2.26. The van der Waals surface area contributed by atoms with E-state index in [2.05, 4.69) is 10.7 Å². The van der Waals surface area contributed by atoms with Crippen LogP contribution in [-0.4, -0.2) is 31.7 Å². The van der Waals surface area contributed by atoms with Crippen LogP contribution < -0.4 is 26.4 Å². The minimum Gasteiger partial charge on any atom is -0.370 e. The lowest BCUT2D eigenvalue weighted by molar-refractivity contribution is -0.125. The largest absolute Gasteiger partial charge is 0.370 e. The van der Waals surface area contributed by atoms with Crippen LogP contribution in [0.1, 0.15) is 11.1 Å². The number of hydrogen-bond donors (Lipinski definition) is 3. The van der Waals surface area contributed by atoms with Gasteiger partial charge in [0.2, 0.25) is 0 Å². The molecule has 1 saturated heterocycles. The Kier molecular flexibility index (Phi) is 7.05. The van der Waals surface area contributed by atoms with Crippen molar-refractivity contribution < 1.29 is 18.7 Å². The minimum atomic E-state index is -0.489. The first-order valence-electron chi connectivity index (χ1n) is 10.9. The quantitative estimate of drug-likeness (QED) is 0.483. The Morgan fingerprint density at radius 2 is 1.91 bits per heavy atom. The van der Waals surface area contributed by atoms with E-state index in [1.54, 1.807) is 40.2 Å². The molecular weight excluding hydrogens is 437 g/mol. The molecule has 1 aliphatic rings. The topological polar surface area (TPSA) is 99.9 Å². The maximum Gasteiger partial charge on any atom is 0.338 e. The molecule has 34 heavy (non-hydrogen) atoms. The number of morpholine rings is 1. The van der Waals surface area contributed by atoms with Crippen LogP contribution in [0.4, 0.5) is 31.9 Å². The number of ether oxygens (including phenoxy) is 1. The Morgan fingerprint density at radius 3 is 2.62 bits per heavy atom. The van der Waals surface area contributed by atoms with Gasteiger partial charge in [-0.2, -0.15) is 0 Å². The molecule has 0 radical (unpaired) electrons. The van der Waals surface area contributed by atoms with Crippen molar-refractivity contribution in [3.8, 4) is 0 Å². The highest BCUT2D eigenvalue weighted by Gasteiger charge is 2.22. The number of rotatable bonds is 6. The van der Waals surface area contributed by atoms with Gasteiger partial charge in [0.15, 0.2) is 0 Å². The third-order valence-corrected chi connectivity index (χ3v) is 5.43.